The van der Waals surface area contributed by atoms with E-state index >= 15 is 0 Å². The van der Waals surface area contributed by atoms with Gasteiger partial charge in [-0.2, -0.15) is 0 Å². The van der Waals surface area contributed by atoms with Crippen molar-refractivity contribution < 1.29 is 9.53 Å². The number of rotatable bonds is 5. The van der Waals surface area contributed by atoms with E-state index in [1.807, 2.05) is 23.6 Å². The topological polar surface area (TPSA) is 70.1 Å². The van der Waals surface area contributed by atoms with Gasteiger partial charge in [0.05, 0.1) is 16.9 Å². The molecule has 2 heterocycles. The molecule has 2 rings (SSSR count). The normalized spacial score (nSPS) is 10.8. The molecule has 0 fully saturated rings. The Balaban J connectivity index is 2.34. The fourth-order valence-corrected chi connectivity index (χ4v) is 3.37. The molecule has 108 valence electrons. The van der Waals surface area contributed by atoms with Crippen LogP contribution in [0.4, 0.5) is 5.82 Å². The number of ether oxygens (including phenoxy) is 1. The number of nitrogens with zero attached hydrogens (tertiary/aromatic N) is 2. The molecule has 2 aromatic rings. The Bertz CT molecular complexity index is 621. The summed E-state index contributed by atoms with van der Waals surface area (Å²) in [7, 11) is 0. The number of halogens is 1. The lowest BCUT2D eigenvalue weighted by Gasteiger charge is -2.07. The second-order valence-corrected chi connectivity index (χ2v) is 6.68. The molecule has 0 aromatic carbocycles. The first-order valence-corrected chi connectivity index (χ1v) is 7.93. The van der Waals surface area contributed by atoms with Gasteiger partial charge in [-0.05, 0) is 35.0 Å². The highest BCUT2D eigenvalue weighted by molar-refractivity contribution is 9.11. The molecular formula is C13H16BrN3O2S. The largest absolute Gasteiger partial charge is 0.461 e. The molecule has 7 heteroatoms. The van der Waals surface area contributed by atoms with Gasteiger partial charge < -0.3 is 15.0 Å². The summed E-state index contributed by atoms with van der Waals surface area (Å²) in [5.74, 6) is 0.686. The van der Waals surface area contributed by atoms with Crippen molar-refractivity contribution in [3.05, 3.63) is 32.3 Å². The molecule has 0 atom stereocenters. The summed E-state index contributed by atoms with van der Waals surface area (Å²) in [6, 6.07) is 4.02. The van der Waals surface area contributed by atoms with Gasteiger partial charge in [-0.25, -0.2) is 9.78 Å². The van der Waals surface area contributed by atoms with E-state index in [0.717, 1.165) is 14.5 Å². The summed E-state index contributed by atoms with van der Waals surface area (Å²) in [5, 5.41) is 0. The zero-order valence-corrected chi connectivity index (χ0v) is 13.8. The molecule has 0 aliphatic carbocycles. The summed E-state index contributed by atoms with van der Waals surface area (Å²) >= 11 is 5.07. The third kappa shape index (κ3) is 3.04. The van der Waals surface area contributed by atoms with E-state index in [4.69, 9.17) is 10.5 Å². The van der Waals surface area contributed by atoms with Crippen molar-refractivity contribution in [2.45, 2.75) is 26.8 Å². The molecular weight excluding hydrogens is 342 g/mol. The van der Waals surface area contributed by atoms with Crippen LogP contribution in [0.25, 0.3) is 0 Å². The zero-order valence-electron chi connectivity index (χ0n) is 11.4. The predicted molar refractivity (Wildman–Crippen MR) is 83.1 cm³/mol. The average molecular weight is 358 g/mol. The summed E-state index contributed by atoms with van der Waals surface area (Å²) < 4.78 is 7.91. The number of nitrogen functional groups attached to an aromatic ring is 1. The number of carbonyl (C=O) groups is 1. The van der Waals surface area contributed by atoms with Crippen molar-refractivity contribution in [1.82, 2.24) is 9.55 Å². The van der Waals surface area contributed by atoms with E-state index < -0.39 is 5.97 Å². The van der Waals surface area contributed by atoms with E-state index in [1.165, 1.54) is 0 Å². The van der Waals surface area contributed by atoms with Crippen molar-refractivity contribution in [1.29, 1.82) is 0 Å². The standard InChI is InChI=1S/C13H16BrN3O2S/c1-3-10-16-11(13(18)19-4-2)12(15)17(10)7-8-5-6-9(14)20-8/h5-6H,3-4,7,15H2,1-2H3. The highest BCUT2D eigenvalue weighted by atomic mass is 79.9. The highest BCUT2D eigenvalue weighted by Gasteiger charge is 2.21. The number of hydrogen-bond donors (Lipinski definition) is 1. The molecule has 5 nitrogen and oxygen atoms in total. The Kier molecular flexibility index (Phi) is 4.82. The fraction of sp³-hybridized carbons (Fsp3) is 0.385. The van der Waals surface area contributed by atoms with Crippen molar-refractivity contribution in [2.24, 2.45) is 0 Å². The molecule has 0 unspecified atom stereocenters. The van der Waals surface area contributed by atoms with Gasteiger partial charge in [-0.1, -0.05) is 6.92 Å². The molecule has 0 aliphatic rings. The first-order valence-electron chi connectivity index (χ1n) is 6.33. The van der Waals surface area contributed by atoms with Gasteiger partial charge in [-0.3, -0.25) is 0 Å². The molecule has 0 saturated carbocycles. The second kappa shape index (κ2) is 6.41. The second-order valence-electron chi connectivity index (χ2n) is 4.13. The van der Waals surface area contributed by atoms with Crippen molar-refractivity contribution in [2.75, 3.05) is 12.3 Å². The van der Waals surface area contributed by atoms with Gasteiger partial charge in [-0.15, -0.1) is 11.3 Å². The number of hydrogen-bond acceptors (Lipinski definition) is 5. The summed E-state index contributed by atoms with van der Waals surface area (Å²) in [6.45, 7) is 4.66. The summed E-state index contributed by atoms with van der Waals surface area (Å²) in [4.78, 5) is 17.3. The molecule has 20 heavy (non-hydrogen) atoms. The lowest BCUT2D eigenvalue weighted by molar-refractivity contribution is 0.0521. The van der Waals surface area contributed by atoms with Gasteiger partial charge in [0.1, 0.15) is 11.6 Å². The molecule has 0 saturated heterocycles. The third-order valence-corrected chi connectivity index (χ3v) is 4.42. The Labute approximate surface area is 129 Å². The van der Waals surface area contributed by atoms with Crippen LogP contribution >= 0.6 is 27.3 Å². The number of nitrogens with two attached hydrogens (primary N) is 1. The lowest BCUT2D eigenvalue weighted by Crippen LogP contribution is -2.10. The molecule has 2 N–H and O–H groups in total. The number of esters is 1. The Morgan fingerprint density at radius 3 is 2.80 bits per heavy atom. The van der Waals surface area contributed by atoms with Crippen LogP contribution in [0.3, 0.4) is 0 Å². The Hall–Kier alpha value is -1.34. The van der Waals surface area contributed by atoms with Crippen LogP contribution in [-0.4, -0.2) is 22.1 Å². The van der Waals surface area contributed by atoms with Crippen LogP contribution in [0.2, 0.25) is 0 Å². The number of anilines is 1. The number of imidazole rings is 1. The van der Waals surface area contributed by atoms with Gasteiger partial charge in [0.25, 0.3) is 0 Å². The van der Waals surface area contributed by atoms with Gasteiger partial charge in [0.2, 0.25) is 0 Å². The maximum atomic E-state index is 11.8. The first-order chi connectivity index (χ1) is 9.56. The molecule has 0 amide bonds. The molecule has 0 spiro atoms. The van der Waals surface area contributed by atoms with E-state index in [1.54, 1.807) is 18.3 Å². The number of aromatic nitrogens is 2. The maximum absolute atomic E-state index is 11.8. The molecule has 0 radical (unpaired) electrons. The number of carbonyl (C=O) groups excluding carboxylic acids is 1. The van der Waals surface area contributed by atoms with Crippen molar-refractivity contribution in [3.63, 3.8) is 0 Å². The van der Waals surface area contributed by atoms with Crippen molar-refractivity contribution >= 4 is 39.1 Å². The fourth-order valence-electron chi connectivity index (χ4n) is 1.90. The lowest BCUT2D eigenvalue weighted by atomic mass is 10.4. The number of aryl methyl sites for hydroxylation is 1. The highest BCUT2D eigenvalue weighted by Crippen LogP contribution is 2.25. The average Bonchev–Trinajstić information content (AvgIpc) is 2.96. The van der Waals surface area contributed by atoms with Gasteiger partial charge in [0, 0.05) is 11.3 Å². The van der Waals surface area contributed by atoms with Crippen LogP contribution in [0.5, 0.6) is 0 Å². The minimum absolute atomic E-state index is 0.208. The van der Waals surface area contributed by atoms with Crippen molar-refractivity contribution in [3.8, 4) is 0 Å². The predicted octanol–water partition coefficient (Wildman–Crippen LogP) is 3.08. The van der Waals surface area contributed by atoms with Gasteiger partial charge >= 0.3 is 5.97 Å². The van der Waals surface area contributed by atoms with E-state index in [2.05, 4.69) is 20.9 Å². The van der Waals surface area contributed by atoms with Crippen LogP contribution < -0.4 is 5.73 Å². The van der Waals surface area contributed by atoms with Gasteiger partial charge in [0.15, 0.2) is 5.69 Å². The quantitative estimate of drug-likeness (QED) is 0.834. The van der Waals surface area contributed by atoms with Crippen LogP contribution in [0, 0.1) is 0 Å². The minimum atomic E-state index is -0.467. The molecule has 0 aliphatic heterocycles. The monoisotopic (exact) mass is 357 g/mol. The molecule has 2 aromatic heterocycles. The van der Waals surface area contributed by atoms with Crippen LogP contribution in [0.1, 0.15) is 35.0 Å². The maximum Gasteiger partial charge on any atom is 0.360 e. The zero-order chi connectivity index (χ0) is 14.7. The Morgan fingerprint density at radius 2 is 2.25 bits per heavy atom. The smallest absolute Gasteiger partial charge is 0.360 e. The summed E-state index contributed by atoms with van der Waals surface area (Å²) in [5.41, 5.74) is 6.27. The van der Waals surface area contributed by atoms with E-state index in [-0.39, 0.29) is 5.69 Å². The van der Waals surface area contributed by atoms with E-state index in [0.29, 0.717) is 25.4 Å². The minimum Gasteiger partial charge on any atom is -0.461 e. The number of thiophene rings is 1. The SMILES string of the molecule is CCOC(=O)c1nc(CC)n(Cc2ccc(Br)s2)c1N. The Morgan fingerprint density at radius 1 is 1.50 bits per heavy atom. The van der Waals surface area contributed by atoms with Crippen LogP contribution in [-0.2, 0) is 17.7 Å². The van der Waals surface area contributed by atoms with Crippen LogP contribution in [0.15, 0.2) is 15.9 Å². The summed E-state index contributed by atoms with van der Waals surface area (Å²) in [6.07, 6.45) is 0.705. The third-order valence-electron chi connectivity index (χ3n) is 2.81. The molecule has 0 bridgehead atoms. The first kappa shape index (κ1) is 15.1. The van der Waals surface area contributed by atoms with E-state index in [9.17, 15) is 4.79 Å².